The van der Waals surface area contributed by atoms with Gasteiger partial charge in [0.05, 0.1) is 5.56 Å². The zero-order valence-electron chi connectivity index (χ0n) is 14.0. The molecule has 3 rings (SSSR count). The minimum atomic E-state index is -0.880. The van der Waals surface area contributed by atoms with Crippen LogP contribution in [0, 0.1) is 5.92 Å². The van der Waals surface area contributed by atoms with Crippen LogP contribution in [0.15, 0.2) is 48.5 Å². The summed E-state index contributed by atoms with van der Waals surface area (Å²) in [5.41, 5.74) is 3.87. The molecule has 2 N–H and O–H groups in total. The first kappa shape index (κ1) is 16.6. The van der Waals surface area contributed by atoms with Gasteiger partial charge in [-0.15, -0.1) is 0 Å². The Morgan fingerprint density at radius 2 is 1.83 bits per heavy atom. The standard InChI is InChI=1S/C21H25NO2/c23-21(24)19-11-6-9-17(14-19)15-22-20-12-5-4-10-18(20)13-16-7-2-1-3-8-16/h4-6,9-12,14,16,22H,1-3,7-8,13,15H2,(H,23,24). The first-order chi connectivity index (χ1) is 11.7. The molecule has 2 aromatic carbocycles. The minimum absolute atomic E-state index is 0.338. The third kappa shape index (κ3) is 4.38. The van der Waals surface area contributed by atoms with Crippen LogP contribution in [0.4, 0.5) is 5.69 Å². The maximum absolute atomic E-state index is 11.1. The first-order valence-corrected chi connectivity index (χ1v) is 8.86. The van der Waals surface area contributed by atoms with Crippen LogP contribution in [0.3, 0.4) is 0 Å². The van der Waals surface area contributed by atoms with Crippen LogP contribution in [-0.2, 0) is 13.0 Å². The van der Waals surface area contributed by atoms with Crippen LogP contribution in [0.1, 0.15) is 53.6 Å². The fourth-order valence-corrected chi connectivity index (χ4v) is 3.58. The molecule has 1 fully saturated rings. The first-order valence-electron chi connectivity index (χ1n) is 8.86. The number of anilines is 1. The summed E-state index contributed by atoms with van der Waals surface area (Å²) in [6.45, 7) is 0.642. The van der Waals surface area contributed by atoms with Gasteiger partial charge in [-0.3, -0.25) is 0 Å². The van der Waals surface area contributed by atoms with Gasteiger partial charge < -0.3 is 10.4 Å². The van der Waals surface area contributed by atoms with E-state index >= 15 is 0 Å². The van der Waals surface area contributed by atoms with Crippen molar-refractivity contribution in [1.29, 1.82) is 0 Å². The third-order valence-electron chi connectivity index (χ3n) is 4.91. The predicted octanol–water partition coefficient (Wildman–Crippen LogP) is 5.12. The molecule has 0 saturated heterocycles. The Bertz CT molecular complexity index is 690. The van der Waals surface area contributed by atoms with E-state index in [-0.39, 0.29) is 0 Å². The second-order valence-electron chi connectivity index (χ2n) is 6.72. The number of carboxylic acids is 1. The van der Waals surface area contributed by atoms with E-state index in [0.29, 0.717) is 12.1 Å². The van der Waals surface area contributed by atoms with E-state index in [1.807, 2.05) is 6.07 Å². The number of rotatable bonds is 6. The number of hydrogen-bond acceptors (Lipinski definition) is 2. The fraction of sp³-hybridized carbons (Fsp3) is 0.381. The van der Waals surface area contributed by atoms with Crippen molar-refractivity contribution in [2.45, 2.75) is 45.1 Å². The number of para-hydroxylation sites is 1. The Morgan fingerprint density at radius 3 is 2.62 bits per heavy atom. The molecule has 0 amide bonds. The number of aromatic carboxylic acids is 1. The molecular formula is C21H25NO2. The molecule has 3 heteroatoms. The highest BCUT2D eigenvalue weighted by Crippen LogP contribution is 2.29. The summed E-state index contributed by atoms with van der Waals surface area (Å²) in [4.78, 5) is 11.1. The third-order valence-corrected chi connectivity index (χ3v) is 4.91. The van der Waals surface area contributed by atoms with Gasteiger partial charge in [-0.05, 0) is 41.7 Å². The van der Waals surface area contributed by atoms with Crippen LogP contribution >= 0.6 is 0 Å². The van der Waals surface area contributed by atoms with Crippen LogP contribution in [0.5, 0.6) is 0 Å². The molecule has 1 aliphatic carbocycles. The lowest BCUT2D eigenvalue weighted by Crippen LogP contribution is -2.11. The summed E-state index contributed by atoms with van der Waals surface area (Å²) >= 11 is 0. The Balaban J connectivity index is 1.66. The zero-order valence-corrected chi connectivity index (χ0v) is 14.0. The van der Waals surface area contributed by atoms with Gasteiger partial charge in [0.1, 0.15) is 0 Å². The average molecular weight is 323 g/mol. The minimum Gasteiger partial charge on any atom is -0.478 e. The van der Waals surface area contributed by atoms with Gasteiger partial charge in [0.15, 0.2) is 0 Å². The van der Waals surface area contributed by atoms with E-state index in [4.69, 9.17) is 5.11 Å². The number of carboxylic acid groups (broad SMARTS) is 1. The lowest BCUT2D eigenvalue weighted by atomic mass is 9.84. The molecule has 0 atom stereocenters. The van der Waals surface area contributed by atoms with Crippen molar-refractivity contribution in [2.24, 2.45) is 5.92 Å². The SMILES string of the molecule is O=C(O)c1cccc(CNc2ccccc2CC2CCCCC2)c1. The quantitative estimate of drug-likeness (QED) is 0.775. The van der Waals surface area contributed by atoms with Gasteiger partial charge in [-0.1, -0.05) is 62.4 Å². The Labute approximate surface area is 143 Å². The summed E-state index contributed by atoms with van der Waals surface area (Å²) in [7, 11) is 0. The van der Waals surface area contributed by atoms with Gasteiger partial charge in [0, 0.05) is 12.2 Å². The van der Waals surface area contributed by atoms with Crippen LogP contribution < -0.4 is 5.32 Å². The predicted molar refractivity (Wildman–Crippen MR) is 97.4 cm³/mol. The highest BCUT2D eigenvalue weighted by atomic mass is 16.4. The van der Waals surface area contributed by atoms with Crippen molar-refractivity contribution in [3.05, 3.63) is 65.2 Å². The maximum Gasteiger partial charge on any atom is 0.335 e. The van der Waals surface area contributed by atoms with Crippen molar-refractivity contribution < 1.29 is 9.90 Å². The maximum atomic E-state index is 11.1. The summed E-state index contributed by atoms with van der Waals surface area (Å²) in [5, 5.41) is 12.6. The van der Waals surface area contributed by atoms with Crippen LogP contribution in [-0.4, -0.2) is 11.1 Å². The van der Waals surface area contributed by atoms with Gasteiger partial charge in [0.25, 0.3) is 0 Å². The van der Waals surface area contributed by atoms with Crippen LogP contribution in [0.25, 0.3) is 0 Å². The Hall–Kier alpha value is -2.29. The van der Waals surface area contributed by atoms with Crippen molar-refractivity contribution in [3.8, 4) is 0 Å². The highest BCUT2D eigenvalue weighted by Gasteiger charge is 2.15. The fourth-order valence-electron chi connectivity index (χ4n) is 3.58. The molecule has 0 aliphatic heterocycles. The Kier molecular flexibility index (Phi) is 5.52. The molecule has 0 heterocycles. The zero-order chi connectivity index (χ0) is 16.8. The van der Waals surface area contributed by atoms with E-state index in [2.05, 4.69) is 29.6 Å². The summed E-state index contributed by atoms with van der Waals surface area (Å²) in [6.07, 6.45) is 7.93. The molecule has 0 aromatic heterocycles. The number of benzene rings is 2. The largest absolute Gasteiger partial charge is 0.478 e. The molecule has 24 heavy (non-hydrogen) atoms. The molecule has 0 radical (unpaired) electrons. The second kappa shape index (κ2) is 8.00. The van der Waals surface area contributed by atoms with Crippen molar-refractivity contribution in [3.63, 3.8) is 0 Å². The molecule has 126 valence electrons. The smallest absolute Gasteiger partial charge is 0.335 e. The molecular weight excluding hydrogens is 298 g/mol. The number of nitrogens with one attached hydrogen (secondary N) is 1. The normalized spacial score (nSPS) is 15.2. The van der Waals surface area contributed by atoms with E-state index in [1.165, 1.54) is 43.4 Å². The lowest BCUT2D eigenvalue weighted by Gasteiger charge is -2.23. The molecule has 0 bridgehead atoms. The van der Waals surface area contributed by atoms with Crippen molar-refractivity contribution in [2.75, 3.05) is 5.32 Å². The number of hydrogen-bond donors (Lipinski definition) is 2. The lowest BCUT2D eigenvalue weighted by molar-refractivity contribution is 0.0697. The van der Waals surface area contributed by atoms with Gasteiger partial charge in [-0.25, -0.2) is 4.79 Å². The molecule has 3 nitrogen and oxygen atoms in total. The molecule has 0 spiro atoms. The van der Waals surface area contributed by atoms with Gasteiger partial charge >= 0.3 is 5.97 Å². The van der Waals surface area contributed by atoms with Crippen molar-refractivity contribution in [1.82, 2.24) is 0 Å². The molecule has 1 aliphatic rings. The Morgan fingerprint density at radius 1 is 1.04 bits per heavy atom. The number of carbonyl (C=O) groups is 1. The van der Waals surface area contributed by atoms with Gasteiger partial charge in [-0.2, -0.15) is 0 Å². The van der Waals surface area contributed by atoms with Crippen molar-refractivity contribution >= 4 is 11.7 Å². The van der Waals surface area contributed by atoms with E-state index in [1.54, 1.807) is 18.2 Å². The monoisotopic (exact) mass is 323 g/mol. The van der Waals surface area contributed by atoms with E-state index in [0.717, 1.165) is 17.9 Å². The molecule has 1 saturated carbocycles. The van der Waals surface area contributed by atoms with Gasteiger partial charge in [0.2, 0.25) is 0 Å². The summed E-state index contributed by atoms with van der Waals surface area (Å²) in [5.74, 6) is -0.0772. The summed E-state index contributed by atoms with van der Waals surface area (Å²) in [6, 6.07) is 15.6. The van der Waals surface area contributed by atoms with Crippen LogP contribution in [0.2, 0.25) is 0 Å². The topological polar surface area (TPSA) is 49.3 Å². The van der Waals surface area contributed by atoms with E-state index < -0.39 is 5.97 Å². The second-order valence-corrected chi connectivity index (χ2v) is 6.72. The molecule has 2 aromatic rings. The highest BCUT2D eigenvalue weighted by molar-refractivity contribution is 5.87. The van der Waals surface area contributed by atoms with E-state index in [9.17, 15) is 4.79 Å². The summed E-state index contributed by atoms with van der Waals surface area (Å²) < 4.78 is 0. The molecule has 0 unspecified atom stereocenters. The average Bonchev–Trinajstić information content (AvgIpc) is 2.62.